The van der Waals surface area contributed by atoms with E-state index in [1.165, 1.54) is 4.90 Å². The summed E-state index contributed by atoms with van der Waals surface area (Å²) in [7, 11) is 0. The Balaban J connectivity index is 2.17. The molecule has 7 nitrogen and oxygen atoms in total. The number of likely N-dealkylation sites (tertiary alicyclic amines) is 1. The molecule has 0 saturated carbocycles. The van der Waals surface area contributed by atoms with Crippen molar-refractivity contribution in [2.24, 2.45) is 0 Å². The molecule has 0 aliphatic carbocycles. The van der Waals surface area contributed by atoms with Crippen LogP contribution in [0.25, 0.3) is 0 Å². The van der Waals surface area contributed by atoms with Crippen LogP contribution in [0, 0.1) is 0 Å². The monoisotopic (exact) mass is 303 g/mol. The van der Waals surface area contributed by atoms with E-state index in [1.54, 1.807) is 34.6 Å². The Morgan fingerprint density at radius 2 is 2.05 bits per heavy atom. The third-order valence-corrected chi connectivity index (χ3v) is 3.50. The highest BCUT2D eigenvalue weighted by Crippen LogP contribution is 2.38. The fourth-order valence-electron chi connectivity index (χ4n) is 2.84. The van der Waals surface area contributed by atoms with Gasteiger partial charge in [0.1, 0.15) is 23.9 Å². The van der Waals surface area contributed by atoms with E-state index in [9.17, 15) is 15.0 Å². The molecule has 0 aromatic heterocycles. The van der Waals surface area contributed by atoms with Crippen molar-refractivity contribution < 1.29 is 29.2 Å². The van der Waals surface area contributed by atoms with E-state index in [2.05, 4.69) is 0 Å². The van der Waals surface area contributed by atoms with Gasteiger partial charge in [0.25, 0.3) is 0 Å². The number of nitrogens with zero attached hydrogens (tertiary/aromatic N) is 1. The molecular weight excluding hydrogens is 278 g/mol. The number of hydrogen-bond acceptors (Lipinski definition) is 6. The molecule has 1 amide bonds. The summed E-state index contributed by atoms with van der Waals surface area (Å²) < 4.78 is 16.9. The summed E-state index contributed by atoms with van der Waals surface area (Å²) in [6.07, 6.45) is -2.46. The summed E-state index contributed by atoms with van der Waals surface area (Å²) in [5, 5.41) is 19.3. The van der Waals surface area contributed by atoms with Gasteiger partial charge in [-0.05, 0) is 34.6 Å². The van der Waals surface area contributed by atoms with E-state index in [-0.39, 0.29) is 12.6 Å². The van der Waals surface area contributed by atoms with Gasteiger partial charge in [-0.15, -0.1) is 0 Å². The lowest BCUT2D eigenvalue weighted by atomic mass is 10.1. The smallest absolute Gasteiger partial charge is 0.410 e. The predicted molar refractivity (Wildman–Crippen MR) is 73.6 cm³/mol. The van der Waals surface area contributed by atoms with E-state index < -0.39 is 42.3 Å². The summed E-state index contributed by atoms with van der Waals surface area (Å²) in [5.74, 6) is -0.761. The lowest BCUT2D eigenvalue weighted by Crippen LogP contribution is -2.51. The largest absolute Gasteiger partial charge is 0.444 e. The van der Waals surface area contributed by atoms with Crippen LogP contribution in [0.1, 0.15) is 34.6 Å². The number of fused-ring (bicyclic) bond motifs is 1. The number of aliphatic hydroxyl groups excluding tert-OH is 2. The zero-order valence-electron chi connectivity index (χ0n) is 13.2. The van der Waals surface area contributed by atoms with E-state index >= 15 is 0 Å². The number of rotatable bonds is 2. The number of hydrogen-bond donors (Lipinski definition) is 2. The molecule has 21 heavy (non-hydrogen) atoms. The second-order valence-corrected chi connectivity index (χ2v) is 7.01. The second kappa shape index (κ2) is 5.39. The van der Waals surface area contributed by atoms with Crippen LogP contribution in [0.4, 0.5) is 4.79 Å². The maximum Gasteiger partial charge on any atom is 0.410 e. The van der Waals surface area contributed by atoms with Crippen molar-refractivity contribution in [2.75, 3.05) is 13.2 Å². The number of ether oxygens (including phenoxy) is 3. The van der Waals surface area contributed by atoms with Crippen molar-refractivity contribution in [1.82, 2.24) is 4.90 Å². The number of amides is 1. The number of aliphatic hydroxyl groups is 2. The quantitative estimate of drug-likeness (QED) is 0.771. The van der Waals surface area contributed by atoms with Gasteiger partial charge in [0.2, 0.25) is 0 Å². The predicted octanol–water partition coefficient (Wildman–Crippen LogP) is 0.479. The van der Waals surface area contributed by atoms with Crippen LogP contribution in [-0.2, 0) is 14.2 Å². The van der Waals surface area contributed by atoms with Crippen molar-refractivity contribution in [2.45, 2.75) is 70.4 Å². The van der Waals surface area contributed by atoms with Crippen molar-refractivity contribution in [1.29, 1.82) is 0 Å². The molecule has 7 heteroatoms. The van der Waals surface area contributed by atoms with Crippen LogP contribution in [-0.4, -0.2) is 70.1 Å². The molecular formula is C14H25NO6. The topological polar surface area (TPSA) is 88.5 Å². The summed E-state index contributed by atoms with van der Waals surface area (Å²) in [5.41, 5.74) is -0.634. The molecule has 0 unspecified atom stereocenters. The van der Waals surface area contributed by atoms with Gasteiger partial charge in [-0.2, -0.15) is 0 Å². The molecule has 0 aromatic carbocycles. The average Bonchev–Trinajstić information content (AvgIpc) is 2.77. The standard InChI is InChI=1S/C14H25NO6/c1-13(2,3)21-12(18)15-6-9-11(10(15)8(17)7-16)20-14(4,5)19-9/h8-11,16-17H,6-7H2,1-5H3/t8-,9-,10+,11-/m0/s1. The Bertz CT molecular complexity index is 405. The lowest BCUT2D eigenvalue weighted by molar-refractivity contribution is -0.167. The van der Waals surface area contributed by atoms with Gasteiger partial charge in [-0.1, -0.05) is 0 Å². The van der Waals surface area contributed by atoms with Crippen molar-refractivity contribution >= 4 is 6.09 Å². The van der Waals surface area contributed by atoms with Crippen LogP contribution in [0.5, 0.6) is 0 Å². The maximum atomic E-state index is 12.3. The minimum Gasteiger partial charge on any atom is -0.444 e. The Hall–Kier alpha value is -0.890. The van der Waals surface area contributed by atoms with Crippen LogP contribution in [0.2, 0.25) is 0 Å². The summed E-state index contributed by atoms with van der Waals surface area (Å²) in [6.45, 7) is 8.69. The molecule has 2 heterocycles. The Labute approximate surface area is 124 Å². The Kier molecular flexibility index (Phi) is 4.23. The highest BCUT2D eigenvalue weighted by molar-refractivity contribution is 5.69. The fourth-order valence-corrected chi connectivity index (χ4v) is 2.84. The molecule has 122 valence electrons. The van der Waals surface area contributed by atoms with Gasteiger partial charge in [-0.25, -0.2) is 4.79 Å². The molecule has 2 rings (SSSR count). The van der Waals surface area contributed by atoms with E-state index in [1.807, 2.05) is 0 Å². The van der Waals surface area contributed by atoms with Gasteiger partial charge < -0.3 is 24.4 Å². The van der Waals surface area contributed by atoms with Crippen molar-refractivity contribution in [3.05, 3.63) is 0 Å². The van der Waals surface area contributed by atoms with Gasteiger partial charge in [0, 0.05) is 0 Å². The fraction of sp³-hybridized carbons (Fsp3) is 0.929. The van der Waals surface area contributed by atoms with Crippen molar-refractivity contribution in [3.63, 3.8) is 0 Å². The SMILES string of the molecule is CC(C)(C)OC(=O)N1C[C@@H]2OC(C)(C)O[C@@H]2[C@H]1[C@@H](O)CO. The van der Waals surface area contributed by atoms with Crippen LogP contribution >= 0.6 is 0 Å². The lowest BCUT2D eigenvalue weighted by Gasteiger charge is -2.33. The summed E-state index contributed by atoms with van der Waals surface area (Å²) >= 11 is 0. The van der Waals surface area contributed by atoms with Crippen LogP contribution in [0.15, 0.2) is 0 Å². The third-order valence-electron chi connectivity index (χ3n) is 3.50. The molecule has 2 N–H and O–H groups in total. The zero-order valence-corrected chi connectivity index (χ0v) is 13.2. The van der Waals surface area contributed by atoms with Crippen molar-refractivity contribution in [3.8, 4) is 0 Å². The van der Waals surface area contributed by atoms with E-state index in [0.717, 1.165) is 0 Å². The molecule has 0 aromatic rings. The average molecular weight is 303 g/mol. The first-order valence-corrected chi connectivity index (χ1v) is 7.18. The first-order valence-electron chi connectivity index (χ1n) is 7.18. The molecule has 0 radical (unpaired) electrons. The number of carbonyl (C=O) groups excluding carboxylic acids is 1. The molecule has 2 aliphatic heterocycles. The molecule has 2 aliphatic rings. The first kappa shape index (κ1) is 16.5. The summed E-state index contributed by atoms with van der Waals surface area (Å²) in [4.78, 5) is 13.7. The number of carbonyl (C=O) groups is 1. The van der Waals surface area contributed by atoms with Gasteiger partial charge in [0.05, 0.1) is 19.2 Å². The third kappa shape index (κ3) is 3.48. The minimum absolute atomic E-state index is 0.269. The maximum absolute atomic E-state index is 12.3. The molecule has 2 fully saturated rings. The zero-order chi connectivity index (χ0) is 16.0. The van der Waals surface area contributed by atoms with Gasteiger partial charge >= 0.3 is 6.09 Å². The van der Waals surface area contributed by atoms with Gasteiger partial charge in [0.15, 0.2) is 5.79 Å². The Morgan fingerprint density at radius 3 is 2.57 bits per heavy atom. The molecule has 0 bridgehead atoms. The molecule has 4 atom stereocenters. The van der Waals surface area contributed by atoms with E-state index in [0.29, 0.717) is 0 Å². The highest BCUT2D eigenvalue weighted by Gasteiger charge is 2.56. The van der Waals surface area contributed by atoms with E-state index in [4.69, 9.17) is 14.2 Å². The van der Waals surface area contributed by atoms with Crippen LogP contribution in [0.3, 0.4) is 0 Å². The highest BCUT2D eigenvalue weighted by atomic mass is 16.8. The normalized spacial score (nSPS) is 32.9. The Morgan fingerprint density at radius 1 is 1.43 bits per heavy atom. The second-order valence-electron chi connectivity index (χ2n) is 7.01. The summed E-state index contributed by atoms with van der Waals surface area (Å²) in [6, 6.07) is -0.684. The molecule has 2 saturated heterocycles. The van der Waals surface area contributed by atoms with Gasteiger partial charge in [-0.3, -0.25) is 4.90 Å². The van der Waals surface area contributed by atoms with Crippen LogP contribution < -0.4 is 0 Å². The minimum atomic E-state index is -1.11. The first-order chi connectivity index (χ1) is 9.54. The molecule has 0 spiro atoms.